The van der Waals surface area contributed by atoms with Gasteiger partial charge in [-0.1, -0.05) is 5.11 Å². The zero-order valence-corrected chi connectivity index (χ0v) is 10.9. The number of anilines is 1. The zero-order valence-electron chi connectivity index (χ0n) is 10.1. The molecule has 0 saturated carbocycles. The van der Waals surface area contributed by atoms with E-state index in [4.69, 9.17) is 11.3 Å². The number of carbonyl (C=O) groups excluding carboxylic acids is 1. The zero-order chi connectivity index (χ0) is 14.9. The van der Waals surface area contributed by atoms with E-state index in [-0.39, 0.29) is 21.9 Å². The van der Waals surface area contributed by atoms with Crippen molar-refractivity contribution in [2.75, 3.05) is 12.8 Å². The lowest BCUT2D eigenvalue weighted by atomic mass is 10.1. The Bertz CT molecular complexity index is 778. The summed E-state index contributed by atoms with van der Waals surface area (Å²) in [6, 6.07) is 2.37. The van der Waals surface area contributed by atoms with Gasteiger partial charge in [-0.25, -0.2) is 4.79 Å². The number of esters is 1. The lowest BCUT2D eigenvalue weighted by molar-refractivity contribution is -0.384. The molecule has 0 bridgehead atoms. The number of carbonyl (C=O) groups is 1. The number of hydrogen-bond donors (Lipinski definition) is 1. The average molecular weight is 293 g/mol. The number of non-ortho nitro benzene ring substituents is 1. The van der Waals surface area contributed by atoms with Crippen molar-refractivity contribution < 1.29 is 14.5 Å². The molecule has 0 saturated heterocycles. The number of azide groups is 1. The van der Waals surface area contributed by atoms with Crippen molar-refractivity contribution in [3.63, 3.8) is 0 Å². The summed E-state index contributed by atoms with van der Waals surface area (Å²) in [5, 5.41) is 14.5. The normalized spacial score (nSPS) is 10.1. The van der Waals surface area contributed by atoms with Crippen LogP contribution >= 0.6 is 11.3 Å². The fraction of sp³-hybridized carbons (Fsp3) is 0.100. The Kier molecular flexibility index (Phi) is 3.42. The van der Waals surface area contributed by atoms with Gasteiger partial charge in [0, 0.05) is 27.1 Å². The minimum atomic E-state index is -0.654. The van der Waals surface area contributed by atoms with Gasteiger partial charge in [-0.3, -0.25) is 10.1 Å². The molecule has 0 radical (unpaired) electrons. The Morgan fingerprint density at radius 3 is 2.85 bits per heavy atom. The number of ether oxygens (including phenoxy) is 1. The Morgan fingerprint density at radius 2 is 2.30 bits per heavy atom. The van der Waals surface area contributed by atoms with E-state index >= 15 is 0 Å². The molecule has 9 nitrogen and oxygen atoms in total. The highest BCUT2D eigenvalue weighted by Gasteiger charge is 2.21. The number of nitrogen functional groups attached to an aromatic ring is 1. The van der Waals surface area contributed by atoms with Crippen molar-refractivity contribution in [2.45, 2.75) is 0 Å². The topological polar surface area (TPSA) is 144 Å². The molecule has 0 fully saturated rings. The summed E-state index contributed by atoms with van der Waals surface area (Å²) in [4.78, 5) is 24.5. The van der Waals surface area contributed by atoms with Crippen LogP contribution in [0.15, 0.2) is 17.2 Å². The van der Waals surface area contributed by atoms with E-state index in [1.165, 1.54) is 13.2 Å². The van der Waals surface area contributed by atoms with Crippen LogP contribution in [0.1, 0.15) is 9.67 Å². The lowest BCUT2D eigenvalue weighted by Gasteiger charge is -1.99. The van der Waals surface area contributed by atoms with Crippen LogP contribution in [0.5, 0.6) is 0 Å². The molecule has 20 heavy (non-hydrogen) atoms. The molecule has 0 atom stereocenters. The number of nitro groups is 1. The second-order valence-corrected chi connectivity index (χ2v) is 4.67. The van der Waals surface area contributed by atoms with Gasteiger partial charge in [-0.05, 0) is 5.53 Å². The van der Waals surface area contributed by atoms with Crippen LogP contribution in [0.4, 0.5) is 17.1 Å². The molecule has 2 N–H and O–H groups in total. The van der Waals surface area contributed by atoms with Crippen LogP contribution in [-0.2, 0) is 4.74 Å². The lowest BCUT2D eigenvalue weighted by Crippen LogP contribution is -2.01. The second-order valence-electron chi connectivity index (χ2n) is 3.62. The van der Waals surface area contributed by atoms with E-state index in [0.717, 1.165) is 17.4 Å². The van der Waals surface area contributed by atoms with E-state index in [0.29, 0.717) is 10.1 Å². The summed E-state index contributed by atoms with van der Waals surface area (Å²) in [7, 11) is 1.20. The van der Waals surface area contributed by atoms with Crippen molar-refractivity contribution in [3.05, 3.63) is 37.6 Å². The summed E-state index contributed by atoms with van der Waals surface area (Å²) in [6.45, 7) is 0. The van der Waals surface area contributed by atoms with Gasteiger partial charge in [0.2, 0.25) is 0 Å². The third-order valence-corrected chi connectivity index (χ3v) is 3.66. The highest BCUT2D eigenvalue weighted by molar-refractivity contribution is 7.21. The van der Waals surface area contributed by atoms with Crippen molar-refractivity contribution in [2.24, 2.45) is 5.11 Å². The standard InChI is InChI=1S/C10H7N5O4S/c1-19-10(16)9-8(11)7-5(13-14-12)2-4(15(17)18)3-6(7)20-9/h2-3H,11H2,1H3. The number of hydrogen-bond acceptors (Lipinski definition) is 7. The maximum absolute atomic E-state index is 11.6. The molecule has 2 aromatic rings. The molecule has 0 aliphatic rings. The first-order valence-electron chi connectivity index (χ1n) is 5.13. The maximum atomic E-state index is 11.6. The fourth-order valence-corrected chi connectivity index (χ4v) is 2.79. The van der Waals surface area contributed by atoms with Crippen molar-refractivity contribution in [1.29, 1.82) is 0 Å². The van der Waals surface area contributed by atoms with Crippen LogP contribution in [0.3, 0.4) is 0 Å². The smallest absolute Gasteiger partial charge is 0.350 e. The number of nitro benzene ring substituents is 1. The highest BCUT2D eigenvalue weighted by Crippen LogP contribution is 2.42. The van der Waals surface area contributed by atoms with Crippen molar-refractivity contribution in [1.82, 2.24) is 0 Å². The predicted molar refractivity (Wildman–Crippen MR) is 73.0 cm³/mol. The summed E-state index contributed by atoms with van der Waals surface area (Å²) in [5.74, 6) is -0.654. The first kappa shape index (κ1) is 13.6. The molecule has 10 heteroatoms. The number of rotatable bonds is 3. The molecule has 1 heterocycles. The van der Waals surface area contributed by atoms with Gasteiger partial charge in [0.05, 0.1) is 23.4 Å². The third kappa shape index (κ3) is 2.09. The second kappa shape index (κ2) is 5.03. The molecule has 0 aliphatic carbocycles. The van der Waals surface area contributed by atoms with E-state index in [1.807, 2.05) is 0 Å². The van der Waals surface area contributed by atoms with E-state index in [1.54, 1.807) is 0 Å². The first-order chi connectivity index (χ1) is 9.49. The number of thiophene rings is 1. The average Bonchev–Trinajstić information content (AvgIpc) is 2.75. The monoisotopic (exact) mass is 293 g/mol. The van der Waals surface area contributed by atoms with Crippen molar-refractivity contribution in [3.8, 4) is 0 Å². The van der Waals surface area contributed by atoms with E-state index < -0.39 is 10.9 Å². The Morgan fingerprint density at radius 1 is 1.60 bits per heavy atom. The van der Waals surface area contributed by atoms with Gasteiger partial charge in [-0.2, -0.15) is 0 Å². The molecule has 102 valence electrons. The maximum Gasteiger partial charge on any atom is 0.350 e. The molecule has 2 rings (SSSR count). The first-order valence-corrected chi connectivity index (χ1v) is 5.95. The number of nitrogens with two attached hydrogens (primary N) is 1. The van der Waals surface area contributed by atoms with Gasteiger partial charge in [0.1, 0.15) is 4.88 Å². The third-order valence-electron chi connectivity index (χ3n) is 2.53. The van der Waals surface area contributed by atoms with Crippen LogP contribution in [0.25, 0.3) is 20.5 Å². The van der Waals surface area contributed by atoms with E-state index in [2.05, 4.69) is 14.8 Å². The Hall–Kier alpha value is -2.84. The SMILES string of the molecule is COC(=O)c1sc2cc([N+](=O)[O-])cc(N=[N+]=[N-])c2c1N. The molecule has 0 aliphatic heterocycles. The molecule has 0 amide bonds. The Balaban J connectivity index is 2.86. The van der Waals surface area contributed by atoms with Crippen molar-refractivity contribution >= 4 is 44.5 Å². The number of methoxy groups -OCH3 is 1. The summed E-state index contributed by atoms with van der Waals surface area (Å²) in [5.41, 5.74) is 14.2. The van der Waals surface area contributed by atoms with E-state index in [9.17, 15) is 14.9 Å². The minimum absolute atomic E-state index is 0.000558. The Labute approximate surface area is 115 Å². The molecule has 1 aromatic heterocycles. The molecule has 0 spiro atoms. The molecule has 0 unspecified atom stereocenters. The van der Waals surface area contributed by atoms with Gasteiger partial charge < -0.3 is 10.5 Å². The molecule has 1 aromatic carbocycles. The number of nitrogens with zero attached hydrogens (tertiary/aromatic N) is 4. The fourth-order valence-electron chi connectivity index (χ4n) is 1.69. The highest BCUT2D eigenvalue weighted by atomic mass is 32.1. The van der Waals surface area contributed by atoms with Gasteiger partial charge in [-0.15, -0.1) is 11.3 Å². The summed E-state index contributed by atoms with van der Waals surface area (Å²) < 4.78 is 4.95. The van der Waals surface area contributed by atoms with Crippen LogP contribution in [0.2, 0.25) is 0 Å². The van der Waals surface area contributed by atoms with Crippen LogP contribution < -0.4 is 5.73 Å². The van der Waals surface area contributed by atoms with Gasteiger partial charge in [0.15, 0.2) is 0 Å². The molecular formula is C10H7N5O4S. The quantitative estimate of drug-likeness (QED) is 0.231. The van der Waals surface area contributed by atoms with Gasteiger partial charge in [0.25, 0.3) is 5.69 Å². The molecular weight excluding hydrogens is 286 g/mol. The minimum Gasteiger partial charge on any atom is -0.465 e. The van der Waals surface area contributed by atoms with Crippen LogP contribution in [0, 0.1) is 10.1 Å². The number of benzene rings is 1. The largest absolute Gasteiger partial charge is 0.465 e. The predicted octanol–water partition coefficient (Wildman–Crippen LogP) is 3.12. The van der Waals surface area contributed by atoms with Gasteiger partial charge >= 0.3 is 5.97 Å². The summed E-state index contributed by atoms with van der Waals surface area (Å²) >= 11 is 0.941. The number of fused-ring (bicyclic) bond motifs is 1. The van der Waals surface area contributed by atoms with Crippen LogP contribution in [-0.4, -0.2) is 18.0 Å². The summed E-state index contributed by atoms with van der Waals surface area (Å²) in [6.07, 6.45) is 0.